The number of hydrogen-bond donors (Lipinski definition) is 1. The lowest BCUT2D eigenvalue weighted by Gasteiger charge is -2.02. The number of hydrazone groups is 1. The summed E-state index contributed by atoms with van der Waals surface area (Å²) in [7, 11) is 0. The van der Waals surface area contributed by atoms with Crippen LogP contribution in [0, 0.1) is 6.92 Å². The number of hydrogen-bond acceptors (Lipinski definition) is 5. The molecule has 0 bridgehead atoms. The van der Waals surface area contributed by atoms with Gasteiger partial charge in [-0.2, -0.15) is 5.10 Å². The zero-order chi connectivity index (χ0) is 18.4. The Kier molecular flexibility index (Phi) is 5.76. The summed E-state index contributed by atoms with van der Waals surface area (Å²) in [6, 6.07) is 17.3. The summed E-state index contributed by atoms with van der Waals surface area (Å²) < 4.78 is 5.45. The summed E-state index contributed by atoms with van der Waals surface area (Å²) >= 11 is 1.49. The van der Waals surface area contributed by atoms with Crippen molar-refractivity contribution in [1.29, 1.82) is 0 Å². The van der Waals surface area contributed by atoms with Crippen LogP contribution in [0.25, 0.3) is 10.6 Å². The van der Waals surface area contributed by atoms with Crippen LogP contribution in [0.3, 0.4) is 0 Å². The number of benzene rings is 2. The molecule has 0 saturated carbocycles. The molecule has 0 spiro atoms. The predicted octanol–water partition coefficient (Wildman–Crippen LogP) is 4.28. The van der Waals surface area contributed by atoms with Crippen molar-refractivity contribution >= 4 is 23.5 Å². The molecule has 0 unspecified atom stereocenters. The lowest BCUT2D eigenvalue weighted by atomic mass is 10.2. The molecule has 132 valence electrons. The van der Waals surface area contributed by atoms with Crippen LogP contribution in [-0.4, -0.2) is 23.7 Å². The lowest BCUT2D eigenvalue weighted by molar-refractivity contribution is 0.0950. The van der Waals surface area contributed by atoms with E-state index < -0.39 is 0 Å². The Labute approximate surface area is 156 Å². The normalized spacial score (nSPS) is 10.8. The van der Waals surface area contributed by atoms with Crippen molar-refractivity contribution in [3.05, 3.63) is 70.7 Å². The first-order chi connectivity index (χ1) is 12.7. The van der Waals surface area contributed by atoms with Crippen molar-refractivity contribution in [2.24, 2.45) is 5.10 Å². The van der Waals surface area contributed by atoms with E-state index in [1.165, 1.54) is 11.3 Å². The Morgan fingerprint density at radius 2 is 2.04 bits per heavy atom. The number of nitrogens with one attached hydrogen (secondary N) is 1. The second-order valence-corrected chi connectivity index (χ2v) is 6.70. The van der Waals surface area contributed by atoms with Gasteiger partial charge in [0, 0.05) is 10.4 Å². The van der Waals surface area contributed by atoms with Crippen molar-refractivity contribution < 1.29 is 9.53 Å². The highest BCUT2D eigenvalue weighted by molar-refractivity contribution is 7.15. The first kappa shape index (κ1) is 17.8. The van der Waals surface area contributed by atoms with Gasteiger partial charge in [0.15, 0.2) is 0 Å². The molecule has 2 aromatic carbocycles. The van der Waals surface area contributed by atoms with Gasteiger partial charge in [0.25, 0.3) is 5.91 Å². The summed E-state index contributed by atoms with van der Waals surface area (Å²) in [6.45, 7) is 4.42. The van der Waals surface area contributed by atoms with E-state index in [0.717, 1.165) is 26.8 Å². The SMILES string of the molecule is CCOc1cccc(/C=N\NC(=O)c2nc(-c3ccccc3)sc2C)c1. The Balaban J connectivity index is 1.69. The highest BCUT2D eigenvalue weighted by atomic mass is 32.1. The zero-order valence-corrected chi connectivity index (χ0v) is 15.4. The monoisotopic (exact) mass is 365 g/mol. The number of carbonyl (C=O) groups is 1. The average Bonchev–Trinajstić information content (AvgIpc) is 3.05. The van der Waals surface area contributed by atoms with Gasteiger partial charge in [0.1, 0.15) is 16.5 Å². The lowest BCUT2D eigenvalue weighted by Crippen LogP contribution is -2.18. The molecular formula is C20H19N3O2S. The van der Waals surface area contributed by atoms with Crippen LogP contribution in [0.2, 0.25) is 0 Å². The summed E-state index contributed by atoms with van der Waals surface area (Å²) in [5.41, 5.74) is 4.78. The van der Waals surface area contributed by atoms with Crippen LogP contribution in [0.5, 0.6) is 5.75 Å². The van der Waals surface area contributed by atoms with Crippen molar-refractivity contribution in [2.45, 2.75) is 13.8 Å². The number of rotatable bonds is 6. The van der Waals surface area contributed by atoms with Crippen LogP contribution in [0.1, 0.15) is 27.9 Å². The van der Waals surface area contributed by atoms with Crippen LogP contribution in [0.15, 0.2) is 59.7 Å². The first-order valence-electron chi connectivity index (χ1n) is 8.26. The molecule has 5 nitrogen and oxygen atoms in total. The topological polar surface area (TPSA) is 63.6 Å². The molecule has 1 N–H and O–H groups in total. The van der Waals surface area contributed by atoms with Crippen LogP contribution in [0.4, 0.5) is 0 Å². The largest absolute Gasteiger partial charge is 0.494 e. The van der Waals surface area contributed by atoms with E-state index in [-0.39, 0.29) is 5.91 Å². The summed E-state index contributed by atoms with van der Waals surface area (Å²) in [6.07, 6.45) is 1.58. The van der Waals surface area contributed by atoms with Crippen LogP contribution in [-0.2, 0) is 0 Å². The van der Waals surface area contributed by atoms with Gasteiger partial charge in [0.05, 0.1) is 12.8 Å². The van der Waals surface area contributed by atoms with Crippen molar-refractivity contribution in [2.75, 3.05) is 6.61 Å². The van der Waals surface area contributed by atoms with Gasteiger partial charge in [-0.15, -0.1) is 11.3 Å². The van der Waals surface area contributed by atoms with Gasteiger partial charge in [0.2, 0.25) is 0 Å². The molecule has 1 heterocycles. The van der Waals surface area contributed by atoms with E-state index in [0.29, 0.717) is 12.3 Å². The standard InChI is InChI=1S/C20H19N3O2S/c1-3-25-17-11-7-8-15(12-17)13-21-23-19(24)18-14(2)26-20(22-18)16-9-5-4-6-10-16/h4-13H,3H2,1-2H3,(H,23,24)/b21-13-. The van der Waals surface area contributed by atoms with Crippen molar-refractivity contribution in [1.82, 2.24) is 10.4 Å². The van der Waals surface area contributed by atoms with Crippen LogP contribution < -0.4 is 10.2 Å². The van der Waals surface area contributed by atoms with E-state index >= 15 is 0 Å². The average molecular weight is 365 g/mol. The molecule has 3 aromatic rings. The Morgan fingerprint density at radius 1 is 1.23 bits per heavy atom. The minimum absolute atomic E-state index is 0.321. The number of thiazole rings is 1. The third-order valence-corrected chi connectivity index (χ3v) is 4.60. The first-order valence-corrected chi connectivity index (χ1v) is 9.08. The van der Waals surface area contributed by atoms with Crippen molar-refractivity contribution in [3.63, 3.8) is 0 Å². The third-order valence-electron chi connectivity index (χ3n) is 3.58. The summed E-state index contributed by atoms with van der Waals surface area (Å²) in [5, 5.41) is 4.85. The van der Waals surface area contributed by atoms with E-state index in [2.05, 4.69) is 15.5 Å². The molecule has 0 aliphatic rings. The zero-order valence-electron chi connectivity index (χ0n) is 14.6. The van der Waals surface area contributed by atoms with Gasteiger partial charge in [-0.3, -0.25) is 4.79 Å². The molecule has 1 amide bonds. The molecule has 1 aromatic heterocycles. The van der Waals surface area contributed by atoms with E-state index in [4.69, 9.17) is 4.74 Å². The number of carbonyl (C=O) groups excluding carboxylic acids is 1. The van der Waals surface area contributed by atoms with Gasteiger partial charge in [-0.05, 0) is 31.5 Å². The minimum Gasteiger partial charge on any atom is -0.494 e. The molecule has 0 aliphatic carbocycles. The number of amides is 1. The molecular weight excluding hydrogens is 346 g/mol. The fraction of sp³-hybridized carbons (Fsp3) is 0.150. The van der Waals surface area contributed by atoms with E-state index in [1.54, 1.807) is 6.21 Å². The van der Waals surface area contributed by atoms with E-state index in [9.17, 15) is 4.79 Å². The van der Waals surface area contributed by atoms with Gasteiger partial charge in [-0.1, -0.05) is 42.5 Å². The smallest absolute Gasteiger partial charge is 0.291 e. The quantitative estimate of drug-likeness (QED) is 0.524. The number of ether oxygens (including phenoxy) is 1. The molecule has 0 saturated heterocycles. The highest BCUT2D eigenvalue weighted by Gasteiger charge is 2.15. The van der Waals surface area contributed by atoms with Gasteiger partial charge in [-0.25, -0.2) is 10.4 Å². The number of aromatic nitrogens is 1. The maximum Gasteiger partial charge on any atom is 0.291 e. The molecule has 3 rings (SSSR count). The van der Waals surface area contributed by atoms with E-state index in [1.807, 2.05) is 68.4 Å². The molecule has 0 atom stereocenters. The minimum atomic E-state index is -0.321. The third kappa shape index (κ3) is 4.34. The summed E-state index contributed by atoms with van der Waals surface area (Å²) in [5.74, 6) is 0.448. The second-order valence-electron chi connectivity index (χ2n) is 5.49. The number of aryl methyl sites for hydroxylation is 1. The van der Waals surface area contributed by atoms with Crippen LogP contribution >= 0.6 is 11.3 Å². The van der Waals surface area contributed by atoms with Gasteiger partial charge < -0.3 is 4.74 Å². The molecule has 6 heteroatoms. The molecule has 0 aliphatic heterocycles. The fourth-order valence-corrected chi connectivity index (χ4v) is 3.30. The highest BCUT2D eigenvalue weighted by Crippen LogP contribution is 2.27. The maximum absolute atomic E-state index is 12.4. The predicted molar refractivity (Wildman–Crippen MR) is 105 cm³/mol. The number of nitrogens with zero attached hydrogens (tertiary/aromatic N) is 2. The Hall–Kier alpha value is -2.99. The van der Waals surface area contributed by atoms with Crippen molar-refractivity contribution in [3.8, 4) is 16.3 Å². The van der Waals surface area contributed by atoms with Gasteiger partial charge >= 0.3 is 0 Å². The Morgan fingerprint density at radius 3 is 2.81 bits per heavy atom. The Bertz CT molecular complexity index is 920. The fourth-order valence-electron chi connectivity index (χ4n) is 2.38. The summed E-state index contributed by atoms with van der Waals surface area (Å²) in [4.78, 5) is 17.7. The second kappa shape index (κ2) is 8.40. The molecule has 26 heavy (non-hydrogen) atoms. The maximum atomic E-state index is 12.4. The molecule has 0 radical (unpaired) electrons. The molecule has 0 fully saturated rings.